The lowest BCUT2D eigenvalue weighted by molar-refractivity contribution is -0.121. The number of carbonyl (C=O) groups is 1. The van der Waals surface area contributed by atoms with Gasteiger partial charge in [-0.3, -0.25) is 4.79 Å². The Kier molecular flexibility index (Phi) is 10.2. The van der Waals surface area contributed by atoms with Crippen molar-refractivity contribution >= 4 is 35.8 Å². The quantitative estimate of drug-likeness (QED) is 0.291. The summed E-state index contributed by atoms with van der Waals surface area (Å²) in [5, 5.41) is 19.6. The van der Waals surface area contributed by atoms with Crippen LogP contribution in [0.5, 0.6) is 0 Å². The molecular weight excluding hydrogens is 419 g/mol. The first-order valence-electron chi connectivity index (χ1n) is 8.67. The van der Waals surface area contributed by atoms with E-state index in [0.717, 1.165) is 32.2 Å². The average molecular weight is 454 g/mol. The fourth-order valence-electron chi connectivity index (χ4n) is 2.82. The molecule has 0 aromatic heterocycles. The van der Waals surface area contributed by atoms with Crippen molar-refractivity contribution < 1.29 is 9.90 Å². The molecule has 24 heavy (non-hydrogen) atoms. The van der Waals surface area contributed by atoms with E-state index in [1.54, 1.807) is 0 Å². The van der Waals surface area contributed by atoms with Gasteiger partial charge in [-0.25, -0.2) is 4.99 Å². The van der Waals surface area contributed by atoms with Gasteiger partial charge in [-0.2, -0.15) is 0 Å². The van der Waals surface area contributed by atoms with Crippen LogP contribution in [-0.4, -0.2) is 48.3 Å². The van der Waals surface area contributed by atoms with Crippen molar-refractivity contribution in [3.05, 3.63) is 0 Å². The zero-order valence-corrected chi connectivity index (χ0v) is 18.1. The van der Waals surface area contributed by atoms with Gasteiger partial charge >= 0.3 is 0 Å². The van der Waals surface area contributed by atoms with Crippen LogP contribution in [0.4, 0.5) is 0 Å². The highest BCUT2D eigenvalue weighted by atomic mass is 127. The minimum Gasteiger partial charge on any atom is -0.392 e. The van der Waals surface area contributed by atoms with Gasteiger partial charge in [0.2, 0.25) is 5.91 Å². The van der Waals surface area contributed by atoms with E-state index in [9.17, 15) is 9.90 Å². The van der Waals surface area contributed by atoms with Gasteiger partial charge in [0.05, 0.1) is 6.10 Å². The number of amides is 1. The first-order chi connectivity index (χ1) is 10.7. The van der Waals surface area contributed by atoms with Crippen molar-refractivity contribution in [2.24, 2.45) is 10.4 Å². The average Bonchev–Trinajstić information content (AvgIpc) is 2.43. The zero-order valence-electron chi connectivity index (χ0n) is 15.7. The Balaban J connectivity index is 0.00000529. The summed E-state index contributed by atoms with van der Waals surface area (Å²) in [7, 11) is 0. The van der Waals surface area contributed by atoms with Gasteiger partial charge in [0.15, 0.2) is 5.96 Å². The molecule has 7 heteroatoms. The van der Waals surface area contributed by atoms with Crippen LogP contribution in [0.3, 0.4) is 0 Å². The summed E-state index contributed by atoms with van der Waals surface area (Å²) in [5.74, 6) is 0.522. The summed E-state index contributed by atoms with van der Waals surface area (Å²) in [6.45, 7) is 11.4. The molecule has 1 saturated carbocycles. The lowest BCUT2D eigenvalue weighted by Gasteiger charge is -2.38. The Morgan fingerprint density at radius 2 is 1.96 bits per heavy atom. The molecule has 0 aromatic carbocycles. The Bertz CT molecular complexity index is 423. The number of carbonyl (C=O) groups excluding carboxylic acids is 1. The highest BCUT2D eigenvalue weighted by Crippen LogP contribution is 2.35. The van der Waals surface area contributed by atoms with Crippen LogP contribution in [0.25, 0.3) is 0 Å². The maximum Gasteiger partial charge on any atom is 0.242 e. The number of halogens is 1. The van der Waals surface area contributed by atoms with E-state index in [-0.39, 0.29) is 53.5 Å². The third kappa shape index (κ3) is 8.50. The van der Waals surface area contributed by atoms with E-state index in [1.165, 1.54) is 0 Å². The fraction of sp³-hybridized carbons (Fsp3) is 0.882. The first kappa shape index (κ1) is 23.4. The molecule has 1 rings (SSSR count). The van der Waals surface area contributed by atoms with E-state index in [4.69, 9.17) is 0 Å². The molecule has 2 atom stereocenters. The molecule has 2 unspecified atom stereocenters. The Morgan fingerprint density at radius 3 is 2.50 bits per heavy atom. The summed E-state index contributed by atoms with van der Waals surface area (Å²) in [5.41, 5.74) is -0.389. The number of rotatable bonds is 5. The van der Waals surface area contributed by atoms with Crippen molar-refractivity contribution in [3.63, 3.8) is 0 Å². The largest absolute Gasteiger partial charge is 0.392 e. The van der Waals surface area contributed by atoms with Crippen LogP contribution in [0, 0.1) is 5.41 Å². The van der Waals surface area contributed by atoms with Crippen molar-refractivity contribution in [2.45, 2.75) is 71.9 Å². The number of aliphatic imine (C=N–C) groups is 1. The van der Waals surface area contributed by atoms with Crippen LogP contribution in [-0.2, 0) is 4.79 Å². The molecule has 0 aromatic rings. The van der Waals surface area contributed by atoms with E-state index < -0.39 is 0 Å². The van der Waals surface area contributed by atoms with E-state index in [2.05, 4.69) is 27.9 Å². The molecule has 0 spiro atoms. The van der Waals surface area contributed by atoms with Gasteiger partial charge < -0.3 is 21.1 Å². The summed E-state index contributed by atoms with van der Waals surface area (Å²) in [6.07, 6.45) is 3.83. The molecular formula is C17H35IN4O2. The number of guanidine groups is 1. The van der Waals surface area contributed by atoms with E-state index >= 15 is 0 Å². The second-order valence-corrected chi connectivity index (χ2v) is 7.76. The van der Waals surface area contributed by atoms with Crippen LogP contribution >= 0.6 is 24.0 Å². The highest BCUT2D eigenvalue weighted by molar-refractivity contribution is 14.0. The maximum atomic E-state index is 11.9. The van der Waals surface area contributed by atoms with Crippen LogP contribution in [0.2, 0.25) is 0 Å². The van der Waals surface area contributed by atoms with Crippen LogP contribution in [0.15, 0.2) is 4.99 Å². The van der Waals surface area contributed by atoms with Crippen LogP contribution in [0.1, 0.15) is 60.3 Å². The first-order valence-corrected chi connectivity index (χ1v) is 8.67. The smallest absolute Gasteiger partial charge is 0.242 e. The number of nitrogens with one attached hydrogen (secondary N) is 3. The summed E-state index contributed by atoms with van der Waals surface area (Å²) >= 11 is 0. The van der Waals surface area contributed by atoms with Crippen molar-refractivity contribution in [2.75, 3.05) is 19.6 Å². The zero-order chi connectivity index (χ0) is 17.5. The second-order valence-electron chi connectivity index (χ2n) is 7.76. The topological polar surface area (TPSA) is 85.8 Å². The lowest BCUT2D eigenvalue weighted by atomic mass is 9.73. The molecule has 0 radical (unpaired) electrons. The number of hydrogen-bond donors (Lipinski definition) is 4. The monoisotopic (exact) mass is 454 g/mol. The van der Waals surface area contributed by atoms with Gasteiger partial charge in [-0.1, -0.05) is 19.8 Å². The molecule has 1 aliphatic rings. The van der Waals surface area contributed by atoms with Gasteiger partial charge in [0, 0.05) is 24.0 Å². The minimum atomic E-state index is -0.282. The number of aliphatic hydroxyl groups excluding tert-OH is 1. The summed E-state index contributed by atoms with van der Waals surface area (Å²) < 4.78 is 0. The van der Waals surface area contributed by atoms with E-state index in [1.807, 2.05) is 27.7 Å². The molecule has 0 saturated heterocycles. The summed E-state index contributed by atoms with van der Waals surface area (Å²) in [6, 6.07) is 0. The van der Waals surface area contributed by atoms with Gasteiger partial charge in [-0.05, 0) is 40.5 Å². The molecule has 1 fully saturated rings. The fourth-order valence-corrected chi connectivity index (χ4v) is 2.82. The highest BCUT2D eigenvalue weighted by Gasteiger charge is 2.35. The molecule has 4 N–H and O–H groups in total. The third-order valence-electron chi connectivity index (χ3n) is 4.18. The van der Waals surface area contributed by atoms with Gasteiger partial charge in [0.25, 0.3) is 0 Å². The van der Waals surface area contributed by atoms with Gasteiger partial charge in [-0.15, -0.1) is 24.0 Å². The lowest BCUT2D eigenvalue weighted by Crippen LogP contribution is -2.48. The summed E-state index contributed by atoms with van der Waals surface area (Å²) in [4.78, 5) is 16.2. The minimum absolute atomic E-state index is 0. The Hall–Kier alpha value is -0.570. The molecule has 0 bridgehead atoms. The van der Waals surface area contributed by atoms with Crippen LogP contribution < -0.4 is 16.0 Å². The van der Waals surface area contributed by atoms with Gasteiger partial charge in [0.1, 0.15) is 6.54 Å². The molecule has 0 heterocycles. The van der Waals surface area contributed by atoms with E-state index in [0.29, 0.717) is 12.5 Å². The predicted molar refractivity (Wildman–Crippen MR) is 110 cm³/mol. The maximum absolute atomic E-state index is 11.9. The molecule has 0 aliphatic heterocycles. The number of nitrogens with zero attached hydrogens (tertiary/aromatic N) is 1. The molecule has 6 nitrogen and oxygen atoms in total. The SMILES string of the molecule is CCNC(=NCC(=O)NC(C)(C)C)NCC1(C)CCCCC1O.I. The molecule has 1 amide bonds. The second kappa shape index (κ2) is 10.4. The Morgan fingerprint density at radius 1 is 1.29 bits per heavy atom. The van der Waals surface area contributed by atoms with Crippen molar-refractivity contribution in [1.29, 1.82) is 0 Å². The Labute approximate surface area is 163 Å². The standard InChI is InChI=1S/C17H34N4O2.HI/c1-6-18-15(19-11-14(23)21-16(2,3)4)20-12-17(5)10-8-7-9-13(17)22;/h13,22H,6-12H2,1-5H3,(H,21,23)(H2,18,19,20);1H. The molecule has 1 aliphatic carbocycles. The predicted octanol–water partition coefficient (Wildman–Crippen LogP) is 2.02. The molecule has 142 valence electrons. The number of aliphatic hydroxyl groups is 1. The third-order valence-corrected chi connectivity index (χ3v) is 4.18. The normalized spacial score (nSPS) is 24.8. The number of hydrogen-bond acceptors (Lipinski definition) is 3. The van der Waals surface area contributed by atoms with Crippen molar-refractivity contribution in [3.8, 4) is 0 Å². The van der Waals surface area contributed by atoms with Crippen molar-refractivity contribution in [1.82, 2.24) is 16.0 Å².